The lowest BCUT2D eigenvalue weighted by atomic mass is 10.2. The predicted molar refractivity (Wildman–Crippen MR) is 93.7 cm³/mol. The van der Waals surface area contributed by atoms with E-state index in [9.17, 15) is 8.42 Å². The summed E-state index contributed by atoms with van der Waals surface area (Å²) in [6.45, 7) is 2.19. The third-order valence-corrected chi connectivity index (χ3v) is 5.07. The molecule has 1 aliphatic heterocycles. The topological polar surface area (TPSA) is 82.8 Å². The second kappa shape index (κ2) is 7.47. The summed E-state index contributed by atoms with van der Waals surface area (Å²) in [4.78, 5) is 1.91. The van der Waals surface area contributed by atoms with Gasteiger partial charge in [0.1, 0.15) is 5.84 Å². The number of hydrogen-bond acceptors (Lipinski definition) is 4. The van der Waals surface area contributed by atoms with Crippen molar-refractivity contribution in [3.63, 3.8) is 0 Å². The Morgan fingerprint density at radius 3 is 2.48 bits per heavy atom. The highest BCUT2D eigenvalue weighted by atomic mass is 32.2. The number of hydrogen-bond donors (Lipinski definition) is 0. The predicted octanol–water partition coefficient (Wildman–Crippen LogP) is 2.03. The average molecular weight is 355 g/mol. The third-order valence-electron chi connectivity index (χ3n) is 3.81. The molecule has 25 heavy (non-hydrogen) atoms. The van der Waals surface area contributed by atoms with Gasteiger partial charge in [0.05, 0.1) is 29.7 Å². The molecule has 0 saturated carbocycles. The Bertz CT molecular complexity index is 912. The smallest absolute Gasteiger partial charge is 0.284 e. The van der Waals surface area contributed by atoms with Crippen molar-refractivity contribution >= 4 is 15.9 Å². The molecule has 2 aromatic rings. The summed E-state index contributed by atoms with van der Waals surface area (Å²) in [5.41, 5.74) is 1.01. The van der Waals surface area contributed by atoms with Crippen LogP contribution in [0.5, 0.6) is 0 Å². The molecule has 0 N–H and O–H groups in total. The Kier molecular flexibility index (Phi) is 5.12. The summed E-state index contributed by atoms with van der Waals surface area (Å²) in [5.74, 6) is 0.395. The van der Waals surface area contributed by atoms with Gasteiger partial charge < -0.3 is 9.64 Å². The lowest BCUT2D eigenvalue weighted by Gasteiger charge is -2.29. The molecule has 128 valence electrons. The second-order valence-corrected chi connectivity index (χ2v) is 7.10. The van der Waals surface area contributed by atoms with Crippen LogP contribution >= 0.6 is 0 Å². The van der Waals surface area contributed by atoms with Gasteiger partial charge in [0.15, 0.2) is 0 Å². The van der Waals surface area contributed by atoms with Crippen LogP contribution in [0.1, 0.15) is 11.1 Å². The van der Waals surface area contributed by atoms with Crippen LogP contribution in [-0.2, 0) is 14.8 Å². The van der Waals surface area contributed by atoms with E-state index in [0.717, 1.165) is 5.56 Å². The molecule has 1 saturated heterocycles. The highest BCUT2D eigenvalue weighted by molar-refractivity contribution is 7.90. The molecule has 3 rings (SSSR count). The van der Waals surface area contributed by atoms with Gasteiger partial charge in [0.2, 0.25) is 0 Å². The van der Waals surface area contributed by atoms with E-state index in [1.165, 1.54) is 18.2 Å². The van der Waals surface area contributed by atoms with Crippen LogP contribution in [0.25, 0.3) is 0 Å². The van der Waals surface area contributed by atoms with E-state index >= 15 is 0 Å². The molecule has 1 aliphatic rings. The van der Waals surface area contributed by atoms with Crippen LogP contribution in [0, 0.1) is 11.3 Å². The summed E-state index contributed by atoms with van der Waals surface area (Å²) in [7, 11) is -3.94. The number of nitrogens with zero attached hydrogens (tertiary/aromatic N) is 3. The Balaban J connectivity index is 2.06. The maximum Gasteiger partial charge on any atom is 0.284 e. The van der Waals surface area contributed by atoms with Gasteiger partial charge in [-0.2, -0.15) is 13.7 Å². The van der Waals surface area contributed by atoms with Crippen LogP contribution in [0.4, 0.5) is 0 Å². The Morgan fingerprint density at radius 1 is 1.08 bits per heavy atom. The van der Waals surface area contributed by atoms with E-state index in [1.54, 1.807) is 6.07 Å². The number of morpholine rings is 1. The molecular formula is C18H17N3O3S. The molecule has 0 amide bonds. The van der Waals surface area contributed by atoms with Crippen molar-refractivity contribution < 1.29 is 13.2 Å². The van der Waals surface area contributed by atoms with Crippen LogP contribution in [0.2, 0.25) is 0 Å². The quantitative estimate of drug-likeness (QED) is 0.621. The first kappa shape index (κ1) is 17.1. The summed E-state index contributed by atoms with van der Waals surface area (Å²) in [6.07, 6.45) is 0. The standard InChI is InChI=1S/C18H17N3O3S/c19-14-15-5-4-8-17(13-15)25(22,23)20-18(16-6-2-1-3-7-16)21-9-11-24-12-10-21/h1-8,13H,9-12H2. The first-order valence-electron chi connectivity index (χ1n) is 7.83. The fourth-order valence-corrected chi connectivity index (χ4v) is 3.63. The Labute approximate surface area is 147 Å². The molecule has 0 aliphatic carbocycles. The fourth-order valence-electron chi connectivity index (χ4n) is 2.55. The van der Waals surface area contributed by atoms with E-state index in [0.29, 0.717) is 32.1 Å². The van der Waals surface area contributed by atoms with Gasteiger partial charge in [-0.3, -0.25) is 0 Å². The number of ether oxygens (including phenoxy) is 1. The third kappa shape index (κ3) is 4.05. The van der Waals surface area contributed by atoms with Gasteiger partial charge in [-0.1, -0.05) is 36.4 Å². The zero-order chi connectivity index (χ0) is 17.7. The highest BCUT2D eigenvalue weighted by Gasteiger charge is 2.21. The molecule has 0 atom stereocenters. The molecule has 0 bridgehead atoms. The molecular weight excluding hydrogens is 338 g/mol. The number of benzene rings is 2. The monoisotopic (exact) mass is 355 g/mol. The van der Waals surface area contributed by atoms with Crippen molar-refractivity contribution in [1.29, 1.82) is 5.26 Å². The van der Waals surface area contributed by atoms with Gasteiger partial charge in [-0.05, 0) is 18.2 Å². The molecule has 2 aromatic carbocycles. The van der Waals surface area contributed by atoms with Gasteiger partial charge in [-0.25, -0.2) is 0 Å². The van der Waals surface area contributed by atoms with Crippen molar-refractivity contribution in [1.82, 2.24) is 4.90 Å². The zero-order valence-electron chi connectivity index (χ0n) is 13.5. The lowest BCUT2D eigenvalue weighted by molar-refractivity contribution is 0.0683. The van der Waals surface area contributed by atoms with Crippen molar-refractivity contribution in [2.45, 2.75) is 4.90 Å². The van der Waals surface area contributed by atoms with Gasteiger partial charge in [-0.15, -0.1) is 4.40 Å². The van der Waals surface area contributed by atoms with E-state index in [2.05, 4.69) is 4.40 Å². The summed E-state index contributed by atoms with van der Waals surface area (Å²) in [6, 6.07) is 17.0. The largest absolute Gasteiger partial charge is 0.378 e. The summed E-state index contributed by atoms with van der Waals surface area (Å²) >= 11 is 0. The first-order chi connectivity index (χ1) is 12.1. The van der Waals surface area contributed by atoms with Crippen molar-refractivity contribution in [3.05, 3.63) is 65.7 Å². The number of sulfonamides is 1. The maximum absolute atomic E-state index is 12.8. The fraction of sp³-hybridized carbons (Fsp3) is 0.222. The van der Waals surface area contributed by atoms with Crippen molar-refractivity contribution in [3.8, 4) is 6.07 Å². The number of rotatable bonds is 3. The molecule has 0 aromatic heterocycles. The van der Waals surface area contributed by atoms with Crippen LogP contribution in [0.3, 0.4) is 0 Å². The summed E-state index contributed by atoms with van der Waals surface area (Å²) in [5, 5.41) is 8.99. The molecule has 1 heterocycles. The van der Waals surface area contributed by atoms with Crippen molar-refractivity contribution in [2.24, 2.45) is 4.40 Å². The average Bonchev–Trinajstić information content (AvgIpc) is 2.67. The number of amidine groups is 1. The molecule has 0 spiro atoms. The zero-order valence-corrected chi connectivity index (χ0v) is 14.3. The molecule has 0 unspecified atom stereocenters. The highest BCUT2D eigenvalue weighted by Crippen LogP contribution is 2.17. The second-order valence-electron chi connectivity index (χ2n) is 5.50. The first-order valence-corrected chi connectivity index (χ1v) is 9.27. The van der Waals surface area contributed by atoms with Crippen LogP contribution in [-0.4, -0.2) is 45.5 Å². The van der Waals surface area contributed by atoms with Crippen LogP contribution < -0.4 is 0 Å². The SMILES string of the molecule is N#Cc1cccc(S(=O)(=O)N=C(c2ccccc2)N2CCOCC2)c1. The minimum absolute atomic E-state index is 0.00763. The molecule has 6 nitrogen and oxygen atoms in total. The van der Waals surface area contributed by atoms with E-state index in [1.807, 2.05) is 41.3 Å². The Hall–Kier alpha value is -2.69. The lowest BCUT2D eigenvalue weighted by Crippen LogP contribution is -2.41. The summed E-state index contributed by atoms with van der Waals surface area (Å²) < 4.78 is 35.0. The number of nitriles is 1. The van der Waals surface area contributed by atoms with Crippen molar-refractivity contribution in [2.75, 3.05) is 26.3 Å². The maximum atomic E-state index is 12.8. The van der Waals surface area contributed by atoms with E-state index in [4.69, 9.17) is 10.00 Å². The van der Waals surface area contributed by atoms with Gasteiger partial charge in [0, 0.05) is 18.7 Å². The minimum atomic E-state index is -3.94. The molecule has 0 radical (unpaired) electrons. The molecule has 1 fully saturated rings. The van der Waals surface area contributed by atoms with E-state index < -0.39 is 10.0 Å². The van der Waals surface area contributed by atoms with E-state index in [-0.39, 0.29) is 10.5 Å². The molecule has 7 heteroatoms. The normalized spacial score (nSPS) is 15.6. The Morgan fingerprint density at radius 2 is 1.80 bits per heavy atom. The minimum Gasteiger partial charge on any atom is -0.378 e. The van der Waals surface area contributed by atoms with Gasteiger partial charge >= 0.3 is 0 Å². The van der Waals surface area contributed by atoms with Crippen LogP contribution in [0.15, 0.2) is 63.9 Å². The van der Waals surface area contributed by atoms with Gasteiger partial charge in [0.25, 0.3) is 10.0 Å².